The third kappa shape index (κ3) is 8.06. The summed E-state index contributed by atoms with van der Waals surface area (Å²) in [5, 5.41) is 2.11. The number of unbranched alkanes of at least 4 members (excludes halogenated alkanes) is 1. The Labute approximate surface area is 379 Å². The van der Waals surface area contributed by atoms with Gasteiger partial charge in [0.25, 0.3) is 0 Å². The Hall–Kier alpha value is -5.64. The molecule has 300 valence electrons. The van der Waals surface area contributed by atoms with Gasteiger partial charge in [-0.2, -0.15) is 37.0 Å². The molecule has 6 aromatic carbocycles. The third-order valence-corrected chi connectivity index (χ3v) is 10.7. The predicted molar refractivity (Wildman–Crippen MR) is 240 cm³/mol. The van der Waals surface area contributed by atoms with Crippen LogP contribution < -0.4 is 14.5 Å². The predicted octanol–water partition coefficient (Wildman–Crippen LogP) is 13.0. The summed E-state index contributed by atoms with van der Waals surface area (Å²) in [5.74, 6) is 1.34. The summed E-state index contributed by atoms with van der Waals surface area (Å²) in [6.07, 6.45) is 3.00. The van der Waals surface area contributed by atoms with Gasteiger partial charge in [0.05, 0.1) is 13.5 Å². The number of benzene rings is 6. The van der Waals surface area contributed by atoms with Crippen LogP contribution in [0.2, 0.25) is 0 Å². The van der Waals surface area contributed by atoms with Crippen molar-refractivity contribution >= 4 is 38.9 Å². The molecule has 0 N–H and O–H groups in total. The molecule has 0 atom stereocenters. The third-order valence-electron chi connectivity index (χ3n) is 10.7. The van der Waals surface area contributed by atoms with Crippen molar-refractivity contribution < 1.29 is 40.9 Å². The Morgan fingerprint density at radius 2 is 1.63 bits per heavy atom. The van der Waals surface area contributed by atoms with Gasteiger partial charge in [-0.3, -0.25) is 0 Å². The van der Waals surface area contributed by atoms with Crippen molar-refractivity contribution in [3.05, 3.63) is 186 Å². The van der Waals surface area contributed by atoms with Gasteiger partial charge >= 0.3 is 0 Å². The van der Waals surface area contributed by atoms with Crippen LogP contribution in [0, 0.1) is 32.5 Å². The number of aromatic nitrogens is 2. The fourth-order valence-corrected chi connectivity index (χ4v) is 7.79. The zero-order chi connectivity index (χ0) is 49.2. The summed E-state index contributed by atoms with van der Waals surface area (Å²) >= 11 is 0. The second kappa shape index (κ2) is 16.9. The van der Waals surface area contributed by atoms with Crippen LogP contribution in [0.1, 0.15) is 76.5 Å². The van der Waals surface area contributed by atoms with Crippen LogP contribution in [0.3, 0.4) is 0 Å². The monoisotopic (exact) mass is 963 g/mol. The normalized spacial score (nSPS) is 15.7. The first-order chi connectivity index (χ1) is 32.7. The fraction of sp³-hybridized carbons (Fsp3) is 0.208. The SMILES string of the molecule is [2H]c1c([2H])c([2H])c(-c2cccc(C([2H])([2H])[2H])c2CCCCN2[CH-]N(c3[c-]c(COc4[c-]c5c(cc4)c4ccccc4n5-c4cc(C(C)(C)C)ccn4)ccc3)c3cccc(C([2H])([2H])[2H])c32)c([2H])c1[2H].[Pt]. The van der Waals surface area contributed by atoms with E-state index in [2.05, 4.69) is 55.7 Å². The molecule has 0 amide bonds. The Morgan fingerprint density at radius 3 is 2.47 bits per heavy atom. The molecule has 1 aliphatic heterocycles. The second-order valence-corrected chi connectivity index (χ2v) is 15.6. The van der Waals surface area contributed by atoms with E-state index < -0.39 is 43.9 Å². The van der Waals surface area contributed by atoms with Gasteiger partial charge in [0, 0.05) is 58.1 Å². The minimum Gasteiger partial charge on any atom is -0.517 e. The van der Waals surface area contributed by atoms with Crippen LogP contribution >= 0.6 is 0 Å². The minimum atomic E-state index is -2.53. The molecule has 5 nitrogen and oxygen atoms in total. The van der Waals surface area contributed by atoms with Crippen LogP contribution in [0.5, 0.6) is 5.75 Å². The van der Waals surface area contributed by atoms with Crippen LogP contribution in [0.15, 0.2) is 140 Å². The number of anilines is 3. The summed E-state index contributed by atoms with van der Waals surface area (Å²) in [7, 11) is 0. The maximum absolute atomic E-state index is 8.64. The van der Waals surface area contributed by atoms with E-state index in [1.54, 1.807) is 18.2 Å². The first-order valence-corrected chi connectivity index (χ1v) is 19.5. The molecule has 9 rings (SSSR count). The molecule has 1 aliphatic rings. The topological polar surface area (TPSA) is 33.5 Å². The van der Waals surface area contributed by atoms with E-state index in [0.717, 1.165) is 38.8 Å². The number of hydrogen-bond acceptors (Lipinski definition) is 4. The molecule has 59 heavy (non-hydrogen) atoms. The number of nitrogens with zero attached hydrogens (tertiary/aromatic N) is 4. The van der Waals surface area contributed by atoms with Crippen molar-refractivity contribution in [1.29, 1.82) is 0 Å². The first kappa shape index (κ1) is 28.7. The molecule has 0 saturated heterocycles. The molecule has 0 unspecified atom stereocenters. The Balaban J connectivity index is 0.00000659. The van der Waals surface area contributed by atoms with E-state index in [1.807, 2.05) is 77.3 Å². The maximum atomic E-state index is 8.64. The van der Waals surface area contributed by atoms with Crippen molar-refractivity contribution in [3.63, 3.8) is 0 Å². The molecule has 3 heterocycles. The number of para-hydroxylation sites is 2. The van der Waals surface area contributed by atoms with Crippen LogP contribution in [0.4, 0.5) is 17.1 Å². The van der Waals surface area contributed by atoms with Gasteiger partial charge in [-0.05, 0) is 108 Å². The van der Waals surface area contributed by atoms with Crippen molar-refractivity contribution in [1.82, 2.24) is 9.55 Å². The van der Waals surface area contributed by atoms with Crippen LogP contribution in [-0.4, -0.2) is 16.1 Å². The van der Waals surface area contributed by atoms with Crippen LogP contribution in [0.25, 0.3) is 38.8 Å². The van der Waals surface area contributed by atoms with E-state index >= 15 is 0 Å². The fourth-order valence-electron chi connectivity index (χ4n) is 7.79. The zero-order valence-electron chi connectivity index (χ0n) is 44.0. The number of aryl methyl sites for hydroxylation is 2. The Bertz CT molecular complexity index is 3240. The maximum Gasteiger partial charge on any atom is 0.135 e. The molecular weight excluding hydrogens is 904 g/mol. The van der Waals surface area contributed by atoms with E-state index in [4.69, 9.17) is 24.8 Å². The Morgan fingerprint density at radius 1 is 0.814 bits per heavy atom. The number of fused-ring (bicyclic) bond motifs is 4. The van der Waals surface area contributed by atoms with E-state index in [0.29, 0.717) is 47.8 Å². The number of hydrogen-bond donors (Lipinski definition) is 0. The molecule has 0 bridgehead atoms. The molecule has 0 saturated carbocycles. The molecule has 8 aromatic rings. The molecule has 0 radical (unpaired) electrons. The minimum absolute atomic E-state index is 0. The zero-order valence-corrected chi connectivity index (χ0v) is 35.3. The second-order valence-electron chi connectivity index (χ2n) is 15.6. The van der Waals surface area contributed by atoms with Gasteiger partial charge in [-0.1, -0.05) is 105 Å². The Kier molecular flexibility index (Phi) is 8.24. The average Bonchev–Trinajstić information content (AvgIpc) is 3.86. The van der Waals surface area contributed by atoms with Gasteiger partial charge in [-0.25, -0.2) is 4.98 Å². The smallest absolute Gasteiger partial charge is 0.135 e. The summed E-state index contributed by atoms with van der Waals surface area (Å²) in [6.45, 7) is 3.97. The number of rotatable bonds is 11. The van der Waals surface area contributed by atoms with E-state index in [1.165, 1.54) is 12.1 Å². The van der Waals surface area contributed by atoms with Gasteiger partial charge in [-0.15, -0.1) is 28.8 Å². The van der Waals surface area contributed by atoms with Crippen LogP contribution in [-0.2, 0) is 39.5 Å². The molecule has 2 aromatic heterocycles. The van der Waals surface area contributed by atoms with Crippen molar-refractivity contribution in [2.24, 2.45) is 0 Å². The molecule has 6 heteroatoms. The van der Waals surface area contributed by atoms with E-state index in [9.17, 15) is 0 Å². The standard InChI is InChI=1S/C53H49N4O.Pt/c1-37-16-13-24-45(40-19-7-6-8-20-40)44(37)22-11-12-31-55-36-56(49-26-14-17-38(2)52(49)55)42-21-15-18-39(32-42)35-58-43-27-28-47-46-23-9-10-25-48(46)57(50(47)34-43)51-33-41(29-30-54-51)53(3,4)5;/h6-10,13-21,23-30,33,36H,11-12,22,31,35H2,1-5H3;/q-3;/i1D3,2D3,6D,7D,8D,19D,20D;. The molecule has 0 aliphatic carbocycles. The van der Waals surface area contributed by atoms with Gasteiger partial charge in [0.1, 0.15) is 5.82 Å². The summed E-state index contributed by atoms with van der Waals surface area (Å²) in [5.41, 5.74) is 6.37. The average molecular weight is 964 g/mol. The number of pyridine rings is 1. The summed E-state index contributed by atoms with van der Waals surface area (Å²) in [4.78, 5) is 8.59. The molecular formula is C53H49N4OPt-3. The first-order valence-electron chi connectivity index (χ1n) is 25.0. The largest absolute Gasteiger partial charge is 0.517 e. The summed E-state index contributed by atoms with van der Waals surface area (Å²) in [6, 6.07) is 36.6. The number of ether oxygens (including phenoxy) is 1. The molecule has 0 fully saturated rings. The summed E-state index contributed by atoms with van der Waals surface area (Å²) < 4.78 is 101. The van der Waals surface area contributed by atoms with Gasteiger partial charge < -0.3 is 19.1 Å². The van der Waals surface area contributed by atoms with E-state index in [-0.39, 0.29) is 61.8 Å². The molecule has 0 spiro atoms. The van der Waals surface area contributed by atoms with Crippen molar-refractivity contribution in [3.8, 4) is 22.7 Å². The van der Waals surface area contributed by atoms with Crippen molar-refractivity contribution in [2.75, 3.05) is 16.3 Å². The van der Waals surface area contributed by atoms with Gasteiger partial charge in [0.2, 0.25) is 0 Å². The van der Waals surface area contributed by atoms with Gasteiger partial charge in [0.15, 0.2) is 0 Å². The quantitative estimate of drug-likeness (QED) is 0.0955. The van der Waals surface area contributed by atoms with Crippen molar-refractivity contribution in [2.45, 2.75) is 65.8 Å².